The molecule has 2 unspecified atom stereocenters. The zero-order chi connectivity index (χ0) is 35.9. The molecule has 0 aliphatic carbocycles. The van der Waals surface area contributed by atoms with E-state index < -0.39 is 61.6 Å². The number of halogens is 1. The third-order valence-corrected chi connectivity index (χ3v) is 21.9. The van der Waals surface area contributed by atoms with Crippen molar-refractivity contribution in [2.75, 3.05) is 19.8 Å². The third-order valence-electron chi connectivity index (χ3n) is 9.52. The van der Waals surface area contributed by atoms with E-state index in [0.29, 0.717) is 6.54 Å². The van der Waals surface area contributed by atoms with Crippen LogP contribution in [-0.4, -0.2) is 86.1 Å². The molecule has 274 valence electrons. The van der Waals surface area contributed by atoms with Gasteiger partial charge < -0.3 is 41.6 Å². The number of hydrogen-bond donors (Lipinski definition) is 1. The van der Waals surface area contributed by atoms with Gasteiger partial charge in [0, 0.05) is 31.9 Å². The standard InChI is InChI=1S/C32H59FN5O7PSi2/c1-19(2)38(20(3)4)46(40-15-14-34)43-29-28-26(42-32(29)37-16-25(33)27-30(37)35-18-36(13)31(27)39)17-41-47(21(5)6,22(7)8)45-48(44-28,23(9)10)24(11)12/h16,18-24,26,28-29,32H,14-15,17,34H2,1-13H3/t26?,28-,29-,32+,46?/m0/s1. The Hall–Kier alpha value is -1.11. The van der Waals surface area contributed by atoms with E-state index in [1.165, 1.54) is 17.1 Å². The van der Waals surface area contributed by atoms with Crippen molar-refractivity contribution >= 4 is 36.7 Å². The van der Waals surface area contributed by atoms with Crippen LogP contribution < -0.4 is 11.3 Å². The van der Waals surface area contributed by atoms with Crippen LogP contribution in [0.15, 0.2) is 17.3 Å². The van der Waals surface area contributed by atoms with Gasteiger partial charge >= 0.3 is 17.1 Å². The quantitative estimate of drug-likeness (QED) is 0.182. The number of fused-ring (bicyclic) bond motifs is 2. The average Bonchev–Trinajstić information content (AvgIpc) is 3.48. The molecule has 2 N–H and O–H groups in total. The summed E-state index contributed by atoms with van der Waals surface area (Å²) in [5.74, 6) is -0.683. The summed E-state index contributed by atoms with van der Waals surface area (Å²) in [6.45, 7) is 26.5. The van der Waals surface area contributed by atoms with Crippen LogP contribution in [0.3, 0.4) is 0 Å². The Morgan fingerprint density at radius 1 is 1.02 bits per heavy atom. The van der Waals surface area contributed by atoms with Gasteiger partial charge in [-0.2, -0.15) is 0 Å². The summed E-state index contributed by atoms with van der Waals surface area (Å²) in [6.07, 6.45) is -0.289. The van der Waals surface area contributed by atoms with Gasteiger partial charge in [-0.15, -0.1) is 0 Å². The number of nitrogens with two attached hydrogens (primary N) is 1. The molecule has 2 fully saturated rings. The fourth-order valence-corrected chi connectivity index (χ4v) is 20.2. The summed E-state index contributed by atoms with van der Waals surface area (Å²) in [5, 5.41) is -0.112. The highest BCUT2D eigenvalue weighted by molar-refractivity contribution is 7.44. The van der Waals surface area contributed by atoms with Crippen molar-refractivity contribution in [3.8, 4) is 0 Å². The minimum Gasteiger partial charge on any atom is -0.414 e. The number of hydrogen-bond acceptors (Lipinski definition) is 10. The Morgan fingerprint density at radius 3 is 2.12 bits per heavy atom. The Bertz CT molecular complexity index is 1420. The molecule has 16 heteroatoms. The van der Waals surface area contributed by atoms with Gasteiger partial charge in [-0.3, -0.25) is 4.79 Å². The topological polar surface area (TPSA) is 124 Å². The van der Waals surface area contributed by atoms with Gasteiger partial charge in [-0.1, -0.05) is 55.4 Å². The van der Waals surface area contributed by atoms with Gasteiger partial charge in [0.2, 0.25) is 0 Å². The zero-order valence-corrected chi connectivity index (χ0v) is 34.0. The maximum atomic E-state index is 15.6. The van der Waals surface area contributed by atoms with E-state index in [-0.39, 0.29) is 58.5 Å². The average molecular weight is 732 g/mol. The second kappa shape index (κ2) is 15.6. The number of nitrogens with zero attached hydrogens (tertiary/aromatic N) is 4. The summed E-state index contributed by atoms with van der Waals surface area (Å²) < 4.78 is 62.9. The minimum absolute atomic E-state index is 0.0660. The molecule has 2 aliphatic heterocycles. The molecule has 0 radical (unpaired) electrons. The number of aromatic nitrogens is 3. The summed E-state index contributed by atoms with van der Waals surface area (Å²) in [4.78, 5) is 17.6. The van der Waals surface area contributed by atoms with Crippen molar-refractivity contribution in [2.24, 2.45) is 12.8 Å². The van der Waals surface area contributed by atoms with Crippen LogP contribution in [0.4, 0.5) is 4.39 Å². The SMILES string of the molecule is CC(C)N(C(C)C)P(OCCN)O[C@@H]1[C@H](n2cc(F)c3c(=O)n(C)cnc32)OC2CO[Si](C(C)C)(C(C)C)O[Si](C(C)C)(C(C)C)O[C@@H]21. The lowest BCUT2D eigenvalue weighted by Crippen LogP contribution is -2.65. The molecular weight excluding hydrogens is 673 g/mol. The van der Waals surface area contributed by atoms with E-state index in [1.54, 1.807) is 11.6 Å². The van der Waals surface area contributed by atoms with Crippen LogP contribution in [-0.2, 0) is 33.8 Å². The highest BCUT2D eigenvalue weighted by Gasteiger charge is 2.62. The lowest BCUT2D eigenvalue weighted by atomic mass is 10.1. The highest BCUT2D eigenvalue weighted by atomic mass is 31.2. The Labute approximate surface area is 289 Å². The van der Waals surface area contributed by atoms with Gasteiger partial charge in [-0.05, 0) is 49.9 Å². The minimum atomic E-state index is -3.09. The van der Waals surface area contributed by atoms with E-state index in [9.17, 15) is 4.79 Å². The zero-order valence-electron chi connectivity index (χ0n) is 31.1. The fraction of sp³-hybridized carbons (Fsp3) is 0.812. The molecule has 4 heterocycles. The normalized spacial score (nSPS) is 25.3. The van der Waals surface area contributed by atoms with Gasteiger partial charge in [-0.25, -0.2) is 14.0 Å². The first-order valence-electron chi connectivity index (χ1n) is 17.4. The van der Waals surface area contributed by atoms with Crippen molar-refractivity contribution in [1.29, 1.82) is 0 Å². The van der Waals surface area contributed by atoms with Gasteiger partial charge in [0.15, 0.2) is 17.7 Å². The molecule has 4 rings (SSSR count). The van der Waals surface area contributed by atoms with Crippen LogP contribution >= 0.6 is 8.53 Å². The van der Waals surface area contributed by atoms with Crippen molar-refractivity contribution in [1.82, 2.24) is 18.8 Å². The highest BCUT2D eigenvalue weighted by Crippen LogP contribution is 2.54. The predicted octanol–water partition coefficient (Wildman–Crippen LogP) is 6.43. The van der Waals surface area contributed by atoms with Crippen LogP contribution in [0.25, 0.3) is 11.0 Å². The lowest BCUT2D eigenvalue weighted by molar-refractivity contribution is -0.0564. The van der Waals surface area contributed by atoms with Crippen molar-refractivity contribution in [2.45, 2.75) is 142 Å². The molecule has 2 aromatic rings. The van der Waals surface area contributed by atoms with E-state index in [2.05, 4.69) is 92.7 Å². The van der Waals surface area contributed by atoms with E-state index >= 15 is 4.39 Å². The van der Waals surface area contributed by atoms with Crippen LogP contribution in [0.5, 0.6) is 0 Å². The van der Waals surface area contributed by atoms with Crippen molar-refractivity contribution in [3.63, 3.8) is 0 Å². The number of rotatable bonds is 13. The molecule has 0 amide bonds. The largest absolute Gasteiger partial charge is 0.414 e. The second-order valence-electron chi connectivity index (χ2n) is 14.9. The van der Waals surface area contributed by atoms with E-state index in [4.69, 9.17) is 32.5 Å². The summed E-state index contributed by atoms with van der Waals surface area (Å²) in [5.41, 5.74) is 6.04. The molecule has 0 aromatic carbocycles. The number of ether oxygens (including phenoxy) is 1. The molecule has 12 nitrogen and oxygen atoms in total. The maximum Gasteiger partial charge on any atom is 0.335 e. The molecule has 5 atom stereocenters. The van der Waals surface area contributed by atoms with Gasteiger partial charge in [0.25, 0.3) is 14.1 Å². The Kier molecular flexibility index (Phi) is 12.9. The second-order valence-corrected chi connectivity index (χ2v) is 25.1. The molecular formula is C32H59FN5O7PSi2. The Balaban J connectivity index is 1.95. The monoisotopic (exact) mass is 731 g/mol. The predicted molar refractivity (Wildman–Crippen MR) is 192 cm³/mol. The maximum absolute atomic E-state index is 15.6. The lowest BCUT2D eigenvalue weighted by Gasteiger charge is -2.51. The fourth-order valence-electron chi connectivity index (χ4n) is 7.20. The third kappa shape index (κ3) is 7.29. The van der Waals surface area contributed by atoms with Gasteiger partial charge in [0.1, 0.15) is 23.7 Å². The first kappa shape index (κ1) is 39.7. The molecule has 0 saturated carbocycles. The molecule has 2 aromatic heterocycles. The number of aryl methyl sites for hydroxylation is 1. The van der Waals surface area contributed by atoms with E-state index in [0.717, 1.165) is 0 Å². The Morgan fingerprint density at radius 2 is 1.60 bits per heavy atom. The summed E-state index contributed by atoms with van der Waals surface area (Å²) >= 11 is 0. The molecule has 48 heavy (non-hydrogen) atoms. The van der Waals surface area contributed by atoms with Crippen LogP contribution in [0, 0.1) is 5.82 Å². The van der Waals surface area contributed by atoms with Crippen LogP contribution in [0.1, 0.15) is 89.3 Å². The summed E-state index contributed by atoms with van der Waals surface area (Å²) in [7, 11) is -6.10. The van der Waals surface area contributed by atoms with Crippen molar-refractivity contribution in [3.05, 3.63) is 28.7 Å². The first-order valence-corrected chi connectivity index (χ1v) is 22.5. The molecule has 0 spiro atoms. The first-order chi connectivity index (χ1) is 22.4. The van der Waals surface area contributed by atoms with Crippen molar-refractivity contribution < 1.29 is 31.1 Å². The van der Waals surface area contributed by atoms with E-state index in [1.807, 2.05) is 0 Å². The van der Waals surface area contributed by atoms with Gasteiger partial charge in [0.05, 0.1) is 19.5 Å². The van der Waals surface area contributed by atoms with Crippen LogP contribution in [0.2, 0.25) is 22.2 Å². The molecule has 0 bridgehead atoms. The molecule has 2 aliphatic rings. The molecule has 2 saturated heterocycles. The smallest absolute Gasteiger partial charge is 0.335 e. The summed E-state index contributed by atoms with van der Waals surface area (Å²) in [6, 6.07) is 0.154.